The summed E-state index contributed by atoms with van der Waals surface area (Å²) in [4.78, 5) is 24.6. The number of aryl methyl sites for hydroxylation is 1. The van der Waals surface area contributed by atoms with Crippen molar-refractivity contribution >= 4 is 27.5 Å². The molecule has 0 bridgehead atoms. The minimum atomic E-state index is -3.61. The molecule has 0 fully saturated rings. The number of carbonyl (C=O) groups excluding carboxylic acids is 2. The summed E-state index contributed by atoms with van der Waals surface area (Å²) in [5, 5.41) is 5.48. The van der Waals surface area contributed by atoms with Crippen molar-refractivity contribution in [3.05, 3.63) is 59.2 Å². The molecule has 150 valence electrons. The fourth-order valence-electron chi connectivity index (χ4n) is 2.52. The van der Waals surface area contributed by atoms with E-state index in [1.165, 1.54) is 24.3 Å². The molecule has 2 aromatic carbocycles. The van der Waals surface area contributed by atoms with Crippen molar-refractivity contribution in [2.45, 2.75) is 38.6 Å². The van der Waals surface area contributed by atoms with Crippen LogP contribution < -0.4 is 15.4 Å². The predicted octanol–water partition coefficient (Wildman–Crippen LogP) is 2.68. The molecule has 2 amide bonds. The van der Waals surface area contributed by atoms with Crippen molar-refractivity contribution < 1.29 is 18.0 Å². The summed E-state index contributed by atoms with van der Waals surface area (Å²) in [6.45, 7) is 7.63. The van der Waals surface area contributed by atoms with Gasteiger partial charge in [-0.2, -0.15) is 0 Å². The van der Waals surface area contributed by atoms with Crippen LogP contribution in [0, 0.1) is 6.92 Å². The summed E-state index contributed by atoms with van der Waals surface area (Å²) in [6.07, 6.45) is 0. The number of hydrogen-bond acceptors (Lipinski definition) is 4. The Labute approximate surface area is 165 Å². The quantitative estimate of drug-likeness (QED) is 0.661. The lowest BCUT2D eigenvalue weighted by atomic mass is 10.1. The second-order valence-electron chi connectivity index (χ2n) is 6.64. The van der Waals surface area contributed by atoms with E-state index in [0.29, 0.717) is 23.4 Å². The molecular formula is C20H25N3O4S. The average molecular weight is 404 g/mol. The van der Waals surface area contributed by atoms with Crippen molar-refractivity contribution in [1.82, 2.24) is 10.0 Å². The monoisotopic (exact) mass is 403 g/mol. The fourth-order valence-corrected chi connectivity index (χ4v) is 3.77. The van der Waals surface area contributed by atoms with Crippen LogP contribution in [0.2, 0.25) is 0 Å². The van der Waals surface area contributed by atoms with E-state index in [9.17, 15) is 18.0 Å². The van der Waals surface area contributed by atoms with Crippen LogP contribution in [-0.2, 0) is 10.0 Å². The second-order valence-corrected chi connectivity index (χ2v) is 8.36. The number of carbonyl (C=O) groups is 2. The molecule has 0 atom stereocenters. The van der Waals surface area contributed by atoms with Crippen molar-refractivity contribution in [1.29, 1.82) is 0 Å². The molecule has 3 N–H and O–H groups in total. The van der Waals surface area contributed by atoms with Crippen LogP contribution >= 0.6 is 0 Å². The topological polar surface area (TPSA) is 104 Å². The largest absolute Gasteiger partial charge is 0.352 e. The van der Waals surface area contributed by atoms with E-state index in [1.54, 1.807) is 32.0 Å². The van der Waals surface area contributed by atoms with Gasteiger partial charge in [-0.3, -0.25) is 9.59 Å². The first-order valence-electron chi connectivity index (χ1n) is 8.96. The molecule has 0 saturated carbocycles. The summed E-state index contributed by atoms with van der Waals surface area (Å²) < 4.78 is 26.8. The number of sulfonamides is 1. The van der Waals surface area contributed by atoms with Crippen LogP contribution in [0.25, 0.3) is 0 Å². The van der Waals surface area contributed by atoms with Crippen molar-refractivity contribution in [3.63, 3.8) is 0 Å². The number of hydrogen-bond donors (Lipinski definition) is 3. The Kier molecular flexibility index (Phi) is 6.93. The molecule has 0 aliphatic carbocycles. The highest BCUT2D eigenvalue weighted by molar-refractivity contribution is 7.89. The minimum Gasteiger partial charge on any atom is -0.352 e. The summed E-state index contributed by atoms with van der Waals surface area (Å²) in [5.74, 6) is -0.609. The smallest absolute Gasteiger partial charge is 0.255 e. The van der Waals surface area contributed by atoms with E-state index in [4.69, 9.17) is 0 Å². The van der Waals surface area contributed by atoms with E-state index >= 15 is 0 Å². The molecule has 0 heterocycles. The van der Waals surface area contributed by atoms with Crippen molar-refractivity contribution in [2.75, 3.05) is 11.9 Å². The van der Waals surface area contributed by atoms with Crippen LogP contribution in [0.4, 0.5) is 5.69 Å². The number of nitrogens with one attached hydrogen (secondary N) is 3. The van der Waals surface area contributed by atoms with Crippen molar-refractivity contribution in [3.8, 4) is 0 Å². The fraction of sp³-hybridized carbons (Fsp3) is 0.300. The van der Waals surface area contributed by atoms with E-state index in [1.807, 2.05) is 13.8 Å². The Morgan fingerprint density at radius 1 is 0.964 bits per heavy atom. The van der Waals surface area contributed by atoms with Gasteiger partial charge in [-0.15, -0.1) is 0 Å². The molecule has 0 aromatic heterocycles. The lowest BCUT2D eigenvalue weighted by Crippen LogP contribution is -2.30. The molecule has 0 saturated heterocycles. The first-order chi connectivity index (χ1) is 13.1. The van der Waals surface area contributed by atoms with E-state index < -0.39 is 15.9 Å². The van der Waals surface area contributed by atoms with E-state index in [0.717, 1.165) is 5.56 Å². The molecule has 2 rings (SSSR count). The summed E-state index contributed by atoms with van der Waals surface area (Å²) in [6, 6.07) is 10.5. The third-order valence-electron chi connectivity index (χ3n) is 3.90. The van der Waals surface area contributed by atoms with Gasteiger partial charge < -0.3 is 10.6 Å². The lowest BCUT2D eigenvalue weighted by molar-refractivity contribution is 0.0954. The highest BCUT2D eigenvalue weighted by Crippen LogP contribution is 2.19. The Morgan fingerprint density at radius 2 is 1.57 bits per heavy atom. The van der Waals surface area contributed by atoms with E-state index in [-0.39, 0.29) is 16.8 Å². The van der Waals surface area contributed by atoms with Gasteiger partial charge in [0, 0.05) is 29.4 Å². The normalized spacial score (nSPS) is 11.3. The molecule has 0 unspecified atom stereocenters. The minimum absolute atomic E-state index is 0.0900. The van der Waals surface area contributed by atoms with Gasteiger partial charge in [0.05, 0.1) is 4.90 Å². The van der Waals surface area contributed by atoms with Gasteiger partial charge in [0.1, 0.15) is 0 Å². The lowest BCUT2D eigenvalue weighted by Gasteiger charge is -2.12. The number of amides is 2. The van der Waals surface area contributed by atoms with Crippen LogP contribution in [-0.4, -0.2) is 32.8 Å². The maximum Gasteiger partial charge on any atom is 0.255 e. The second kappa shape index (κ2) is 8.99. The standard InChI is InChI=1S/C20H25N3O4S/c1-5-21-19(24)16-7-6-14(4)18(12-16)22-20(25)15-8-10-17(11-9-15)28(26,27)23-13(2)3/h6-13,23H,5H2,1-4H3,(H,21,24)(H,22,25). The van der Waals surface area contributed by atoms with Gasteiger partial charge >= 0.3 is 0 Å². The number of benzene rings is 2. The molecule has 28 heavy (non-hydrogen) atoms. The van der Waals surface area contributed by atoms with E-state index in [2.05, 4.69) is 15.4 Å². The summed E-state index contributed by atoms with van der Waals surface area (Å²) >= 11 is 0. The molecule has 0 aliphatic heterocycles. The average Bonchev–Trinajstić information content (AvgIpc) is 2.62. The Hall–Kier alpha value is -2.71. The SMILES string of the molecule is CCNC(=O)c1ccc(C)c(NC(=O)c2ccc(S(=O)(=O)NC(C)C)cc2)c1. The van der Waals surface area contributed by atoms with Crippen LogP contribution in [0.3, 0.4) is 0 Å². The Balaban J connectivity index is 2.19. The molecule has 8 heteroatoms. The maximum absolute atomic E-state index is 12.5. The molecule has 2 aromatic rings. The maximum atomic E-state index is 12.5. The molecular weight excluding hydrogens is 378 g/mol. The van der Waals surface area contributed by atoms with Gasteiger partial charge in [-0.05, 0) is 69.7 Å². The Bertz CT molecular complexity index is 967. The molecule has 0 spiro atoms. The Morgan fingerprint density at radius 3 is 2.14 bits per heavy atom. The zero-order valence-electron chi connectivity index (χ0n) is 16.4. The third kappa shape index (κ3) is 5.40. The number of rotatable bonds is 7. The first kappa shape index (κ1) is 21.6. The van der Waals surface area contributed by atoms with Gasteiger partial charge in [0.25, 0.3) is 11.8 Å². The van der Waals surface area contributed by atoms with Crippen LogP contribution in [0.5, 0.6) is 0 Å². The zero-order valence-corrected chi connectivity index (χ0v) is 17.2. The van der Waals surface area contributed by atoms with Crippen LogP contribution in [0.15, 0.2) is 47.4 Å². The molecule has 0 aliphatic rings. The number of anilines is 1. The third-order valence-corrected chi connectivity index (χ3v) is 5.58. The van der Waals surface area contributed by atoms with Gasteiger partial charge in [0.15, 0.2) is 0 Å². The predicted molar refractivity (Wildman–Crippen MR) is 109 cm³/mol. The van der Waals surface area contributed by atoms with Crippen molar-refractivity contribution in [2.24, 2.45) is 0 Å². The van der Waals surface area contributed by atoms with Gasteiger partial charge in [-0.25, -0.2) is 13.1 Å². The summed E-state index contributed by atoms with van der Waals surface area (Å²) in [7, 11) is -3.61. The molecule has 7 nitrogen and oxygen atoms in total. The van der Waals surface area contributed by atoms with Crippen LogP contribution in [0.1, 0.15) is 47.1 Å². The van der Waals surface area contributed by atoms with Gasteiger partial charge in [-0.1, -0.05) is 6.07 Å². The molecule has 0 radical (unpaired) electrons. The highest BCUT2D eigenvalue weighted by atomic mass is 32.2. The van der Waals surface area contributed by atoms with Gasteiger partial charge in [0.2, 0.25) is 10.0 Å². The highest BCUT2D eigenvalue weighted by Gasteiger charge is 2.16. The first-order valence-corrected chi connectivity index (χ1v) is 10.4. The summed E-state index contributed by atoms with van der Waals surface area (Å²) in [5.41, 5.74) is 2.09. The zero-order chi connectivity index (χ0) is 20.9.